The Balaban J connectivity index is 1.29. The van der Waals surface area contributed by atoms with E-state index < -0.39 is 0 Å². The lowest BCUT2D eigenvalue weighted by Gasteiger charge is -2.34. The molecule has 0 aromatic carbocycles. The summed E-state index contributed by atoms with van der Waals surface area (Å²) in [6, 6.07) is 0.223. The second kappa shape index (κ2) is 8.65. The highest BCUT2D eigenvalue weighted by Crippen LogP contribution is 2.28. The number of piperidine rings is 1. The monoisotopic (exact) mass is 402 g/mol. The Kier molecular flexibility index (Phi) is 5.99. The molecule has 4 heterocycles. The average molecular weight is 402 g/mol. The third-order valence-corrected chi connectivity index (χ3v) is 6.59. The van der Waals surface area contributed by atoms with E-state index in [0.717, 1.165) is 25.7 Å². The van der Waals surface area contributed by atoms with Crippen molar-refractivity contribution in [3.63, 3.8) is 0 Å². The Morgan fingerprint density at radius 3 is 2.62 bits per heavy atom. The van der Waals surface area contributed by atoms with Crippen molar-refractivity contribution in [1.29, 1.82) is 0 Å². The predicted molar refractivity (Wildman–Crippen MR) is 106 cm³/mol. The van der Waals surface area contributed by atoms with Crippen molar-refractivity contribution in [3.8, 4) is 0 Å². The highest BCUT2D eigenvalue weighted by Gasteiger charge is 2.40. The first-order valence-corrected chi connectivity index (χ1v) is 10.7. The van der Waals surface area contributed by atoms with Crippen LogP contribution in [0.1, 0.15) is 37.7 Å². The van der Waals surface area contributed by atoms with Crippen molar-refractivity contribution in [2.24, 2.45) is 11.8 Å². The van der Waals surface area contributed by atoms with Gasteiger partial charge in [-0.15, -0.1) is 0 Å². The Morgan fingerprint density at radius 2 is 1.90 bits per heavy atom. The van der Waals surface area contributed by atoms with Gasteiger partial charge in [-0.25, -0.2) is 4.98 Å². The van der Waals surface area contributed by atoms with Crippen LogP contribution in [0.5, 0.6) is 0 Å². The van der Waals surface area contributed by atoms with Gasteiger partial charge in [0.1, 0.15) is 0 Å². The van der Waals surface area contributed by atoms with Crippen LogP contribution in [0, 0.1) is 18.8 Å². The molecule has 1 unspecified atom stereocenters. The number of rotatable bonds is 4. The molecule has 4 rings (SSSR count). The minimum absolute atomic E-state index is 0.0104. The van der Waals surface area contributed by atoms with E-state index >= 15 is 0 Å². The van der Waals surface area contributed by atoms with Gasteiger partial charge in [-0.3, -0.25) is 19.0 Å². The maximum atomic E-state index is 13.0. The SMILES string of the molecule is Cc1cncn(CC2CCN(C(=O)C3CC(=O)N(C4CCOCC4)C3)CC2)c1=O. The van der Waals surface area contributed by atoms with Crippen LogP contribution in [0.3, 0.4) is 0 Å². The van der Waals surface area contributed by atoms with Crippen LogP contribution < -0.4 is 5.56 Å². The molecule has 8 nitrogen and oxygen atoms in total. The van der Waals surface area contributed by atoms with Crippen molar-refractivity contribution >= 4 is 11.8 Å². The first-order chi connectivity index (χ1) is 14.0. The molecule has 1 aromatic rings. The summed E-state index contributed by atoms with van der Waals surface area (Å²) in [5, 5.41) is 0. The Bertz CT molecular complexity index is 809. The van der Waals surface area contributed by atoms with Gasteiger partial charge in [0, 0.05) is 63.6 Å². The van der Waals surface area contributed by atoms with Crippen molar-refractivity contribution in [1.82, 2.24) is 19.4 Å². The van der Waals surface area contributed by atoms with Gasteiger partial charge < -0.3 is 14.5 Å². The molecule has 3 aliphatic rings. The number of hydrogen-bond acceptors (Lipinski definition) is 5. The quantitative estimate of drug-likeness (QED) is 0.744. The van der Waals surface area contributed by atoms with Gasteiger partial charge in [0.15, 0.2) is 0 Å². The van der Waals surface area contributed by atoms with Crippen LogP contribution in [0.25, 0.3) is 0 Å². The van der Waals surface area contributed by atoms with Crippen LogP contribution in [0.4, 0.5) is 0 Å². The molecule has 0 radical (unpaired) electrons. The fourth-order valence-corrected chi connectivity index (χ4v) is 4.81. The van der Waals surface area contributed by atoms with E-state index in [1.165, 1.54) is 0 Å². The number of carbonyl (C=O) groups excluding carboxylic acids is 2. The van der Waals surface area contributed by atoms with E-state index in [4.69, 9.17) is 4.74 Å². The Labute approximate surface area is 170 Å². The molecule has 29 heavy (non-hydrogen) atoms. The summed E-state index contributed by atoms with van der Waals surface area (Å²) >= 11 is 0. The van der Waals surface area contributed by atoms with Gasteiger partial charge in [0.25, 0.3) is 5.56 Å². The maximum absolute atomic E-state index is 13.0. The van der Waals surface area contributed by atoms with Crippen LogP contribution in [0.15, 0.2) is 17.3 Å². The lowest BCUT2D eigenvalue weighted by atomic mass is 9.95. The van der Waals surface area contributed by atoms with Crippen LogP contribution in [-0.2, 0) is 20.9 Å². The van der Waals surface area contributed by atoms with Crippen molar-refractivity contribution in [2.75, 3.05) is 32.8 Å². The molecule has 0 saturated carbocycles. The van der Waals surface area contributed by atoms with Crippen LogP contribution in [-0.4, -0.2) is 70.1 Å². The van der Waals surface area contributed by atoms with E-state index in [1.54, 1.807) is 24.0 Å². The number of ether oxygens (including phenoxy) is 1. The lowest BCUT2D eigenvalue weighted by molar-refractivity contribution is -0.137. The van der Waals surface area contributed by atoms with Crippen LogP contribution >= 0.6 is 0 Å². The number of amides is 2. The highest BCUT2D eigenvalue weighted by atomic mass is 16.5. The number of aryl methyl sites for hydroxylation is 1. The van der Waals surface area contributed by atoms with E-state index in [2.05, 4.69) is 4.98 Å². The zero-order valence-corrected chi connectivity index (χ0v) is 17.1. The fraction of sp³-hybridized carbons (Fsp3) is 0.714. The van der Waals surface area contributed by atoms with E-state index in [0.29, 0.717) is 57.3 Å². The van der Waals surface area contributed by atoms with Crippen molar-refractivity contribution in [3.05, 3.63) is 28.4 Å². The molecule has 1 atom stereocenters. The van der Waals surface area contributed by atoms with Crippen molar-refractivity contribution < 1.29 is 14.3 Å². The molecule has 0 bridgehead atoms. The molecule has 2 amide bonds. The zero-order valence-electron chi connectivity index (χ0n) is 17.1. The standard InChI is InChI=1S/C21H30N4O4/c1-15-11-22-14-24(20(15)27)12-16-2-6-23(7-3-16)21(28)17-10-19(26)25(13-17)18-4-8-29-9-5-18/h11,14,16-18H,2-10,12-13H2,1H3. The summed E-state index contributed by atoms with van der Waals surface area (Å²) in [6.07, 6.45) is 7.00. The molecule has 0 aliphatic carbocycles. The first kappa shape index (κ1) is 20.1. The molecule has 158 valence electrons. The topological polar surface area (TPSA) is 84.7 Å². The van der Waals surface area contributed by atoms with Gasteiger partial charge in [-0.2, -0.15) is 0 Å². The summed E-state index contributed by atoms with van der Waals surface area (Å²) in [7, 11) is 0. The summed E-state index contributed by atoms with van der Waals surface area (Å²) in [4.78, 5) is 45.6. The Hall–Kier alpha value is -2.22. The fourth-order valence-electron chi connectivity index (χ4n) is 4.81. The first-order valence-electron chi connectivity index (χ1n) is 10.7. The molecule has 3 saturated heterocycles. The smallest absolute Gasteiger partial charge is 0.256 e. The minimum atomic E-state index is -0.217. The number of aromatic nitrogens is 2. The van der Waals surface area contributed by atoms with E-state index in [-0.39, 0.29) is 29.3 Å². The second-order valence-electron chi connectivity index (χ2n) is 8.59. The van der Waals surface area contributed by atoms with E-state index in [9.17, 15) is 14.4 Å². The van der Waals surface area contributed by atoms with Crippen molar-refractivity contribution in [2.45, 2.75) is 51.6 Å². The predicted octanol–water partition coefficient (Wildman–Crippen LogP) is 0.818. The molecule has 0 spiro atoms. The molecule has 3 fully saturated rings. The van der Waals surface area contributed by atoms with Gasteiger partial charge in [0.2, 0.25) is 11.8 Å². The summed E-state index contributed by atoms with van der Waals surface area (Å²) < 4.78 is 7.07. The highest BCUT2D eigenvalue weighted by molar-refractivity contribution is 5.89. The number of carbonyl (C=O) groups is 2. The van der Waals surface area contributed by atoms with Gasteiger partial charge in [-0.05, 0) is 38.5 Å². The minimum Gasteiger partial charge on any atom is -0.381 e. The Morgan fingerprint density at radius 1 is 1.17 bits per heavy atom. The molecular formula is C21H30N4O4. The molecule has 8 heteroatoms. The van der Waals surface area contributed by atoms with Gasteiger partial charge >= 0.3 is 0 Å². The zero-order chi connectivity index (χ0) is 20.4. The summed E-state index contributed by atoms with van der Waals surface area (Å²) in [5.41, 5.74) is 0.663. The normalized spacial score (nSPS) is 24.3. The average Bonchev–Trinajstić information content (AvgIpc) is 3.14. The maximum Gasteiger partial charge on any atom is 0.256 e. The number of hydrogen-bond donors (Lipinski definition) is 0. The van der Waals surface area contributed by atoms with Gasteiger partial charge in [0.05, 0.1) is 12.2 Å². The largest absolute Gasteiger partial charge is 0.381 e. The van der Waals surface area contributed by atoms with Crippen LogP contribution in [0.2, 0.25) is 0 Å². The second-order valence-corrected chi connectivity index (χ2v) is 8.59. The molecular weight excluding hydrogens is 372 g/mol. The summed E-state index contributed by atoms with van der Waals surface area (Å²) in [5.74, 6) is 0.368. The third-order valence-electron chi connectivity index (χ3n) is 6.59. The number of nitrogens with zero attached hydrogens (tertiary/aromatic N) is 4. The molecule has 3 aliphatic heterocycles. The molecule has 1 aromatic heterocycles. The molecule has 0 N–H and O–H groups in total. The van der Waals surface area contributed by atoms with Gasteiger partial charge in [-0.1, -0.05) is 0 Å². The third kappa shape index (κ3) is 4.37. The lowest BCUT2D eigenvalue weighted by Crippen LogP contribution is -2.44. The number of likely N-dealkylation sites (tertiary alicyclic amines) is 2. The van der Waals surface area contributed by atoms with E-state index in [1.807, 2.05) is 9.80 Å². The summed E-state index contributed by atoms with van der Waals surface area (Å²) in [6.45, 7) is 5.75.